The summed E-state index contributed by atoms with van der Waals surface area (Å²) in [6.45, 7) is 1.85. The van der Waals surface area contributed by atoms with E-state index < -0.39 is 10.9 Å². The topological polar surface area (TPSA) is 87.9 Å². The summed E-state index contributed by atoms with van der Waals surface area (Å²) >= 11 is 5.93. The first-order chi connectivity index (χ1) is 11.9. The number of rotatable bonds is 6. The van der Waals surface area contributed by atoms with Crippen molar-refractivity contribution in [2.45, 2.75) is 13.5 Å². The van der Waals surface area contributed by atoms with Crippen molar-refractivity contribution in [3.05, 3.63) is 62.2 Å². The number of carbonyl (C=O) groups is 1. The third kappa shape index (κ3) is 4.19. The molecule has 132 valence electrons. The monoisotopic (exact) mass is 365 g/mol. The van der Waals surface area contributed by atoms with Crippen LogP contribution in [0.5, 0.6) is 11.5 Å². The minimum Gasteiger partial charge on any atom is -0.493 e. The fourth-order valence-electron chi connectivity index (χ4n) is 2.18. The third-order valence-corrected chi connectivity index (χ3v) is 3.90. The number of ether oxygens (including phenoxy) is 3. The molecule has 0 radical (unpaired) electrons. The van der Waals surface area contributed by atoms with Crippen LogP contribution in [0.25, 0.3) is 0 Å². The smallest absolute Gasteiger partial charge is 0.339 e. The van der Waals surface area contributed by atoms with Crippen molar-refractivity contribution in [2.24, 2.45) is 0 Å². The number of non-ortho nitro benzene ring substituents is 1. The van der Waals surface area contributed by atoms with E-state index in [0.717, 1.165) is 17.2 Å². The molecular weight excluding hydrogens is 350 g/mol. The van der Waals surface area contributed by atoms with Gasteiger partial charge in [0.25, 0.3) is 5.69 Å². The standard InChI is InChI=1S/C17H16ClNO6/c1-10-6-15(23-2)16(24-3)7-11(10)9-25-17(20)13-5-4-12(19(21)22)8-14(13)18/h4-8H,9H2,1-3H3. The van der Waals surface area contributed by atoms with Gasteiger partial charge in [0.1, 0.15) is 6.61 Å². The number of hydrogen-bond acceptors (Lipinski definition) is 6. The lowest BCUT2D eigenvalue weighted by Gasteiger charge is -2.13. The highest BCUT2D eigenvalue weighted by molar-refractivity contribution is 6.33. The van der Waals surface area contributed by atoms with E-state index in [1.807, 2.05) is 6.92 Å². The third-order valence-electron chi connectivity index (χ3n) is 3.58. The van der Waals surface area contributed by atoms with Gasteiger partial charge in [0, 0.05) is 12.1 Å². The van der Waals surface area contributed by atoms with Gasteiger partial charge in [0.15, 0.2) is 11.5 Å². The van der Waals surface area contributed by atoms with Crippen LogP contribution in [-0.4, -0.2) is 25.1 Å². The Bertz CT molecular complexity index is 821. The summed E-state index contributed by atoms with van der Waals surface area (Å²) in [6.07, 6.45) is 0. The van der Waals surface area contributed by atoms with Crippen molar-refractivity contribution >= 4 is 23.3 Å². The normalized spacial score (nSPS) is 10.2. The number of nitro benzene ring substituents is 1. The van der Waals surface area contributed by atoms with Gasteiger partial charge in [-0.3, -0.25) is 10.1 Å². The van der Waals surface area contributed by atoms with E-state index in [-0.39, 0.29) is 22.9 Å². The lowest BCUT2D eigenvalue weighted by Crippen LogP contribution is -2.07. The second kappa shape index (κ2) is 7.85. The van der Waals surface area contributed by atoms with Crippen molar-refractivity contribution < 1.29 is 23.9 Å². The van der Waals surface area contributed by atoms with Crippen LogP contribution in [0, 0.1) is 17.0 Å². The highest BCUT2D eigenvalue weighted by atomic mass is 35.5. The molecule has 0 amide bonds. The van der Waals surface area contributed by atoms with Crippen molar-refractivity contribution in [1.82, 2.24) is 0 Å². The van der Waals surface area contributed by atoms with Crippen molar-refractivity contribution in [2.75, 3.05) is 14.2 Å². The molecule has 0 bridgehead atoms. The molecule has 0 N–H and O–H groups in total. The molecule has 2 aromatic carbocycles. The molecule has 0 aromatic heterocycles. The van der Waals surface area contributed by atoms with E-state index in [1.54, 1.807) is 12.1 Å². The van der Waals surface area contributed by atoms with Crippen LogP contribution in [0.3, 0.4) is 0 Å². The SMILES string of the molecule is COc1cc(C)c(COC(=O)c2ccc([N+](=O)[O-])cc2Cl)cc1OC. The van der Waals surface area contributed by atoms with E-state index in [1.165, 1.54) is 26.4 Å². The van der Waals surface area contributed by atoms with Gasteiger partial charge < -0.3 is 14.2 Å². The first-order valence-electron chi connectivity index (χ1n) is 7.20. The van der Waals surface area contributed by atoms with Gasteiger partial charge in [-0.1, -0.05) is 11.6 Å². The van der Waals surface area contributed by atoms with Gasteiger partial charge >= 0.3 is 5.97 Å². The molecule has 25 heavy (non-hydrogen) atoms. The molecule has 7 nitrogen and oxygen atoms in total. The second-order valence-corrected chi connectivity index (χ2v) is 5.54. The van der Waals surface area contributed by atoms with Gasteiger partial charge in [-0.2, -0.15) is 0 Å². The van der Waals surface area contributed by atoms with Crippen LogP contribution in [0.4, 0.5) is 5.69 Å². The Morgan fingerprint density at radius 1 is 1.16 bits per heavy atom. The molecule has 0 heterocycles. The van der Waals surface area contributed by atoms with Gasteiger partial charge in [-0.25, -0.2) is 4.79 Å². The molecule has 8 heteroatoms. The molecule has 2 aromatic rings. The molecule has 0 aliphatic rings. The number of hydrogen-bond donors (Lipinski definition) is 0. The molecule has 0 atom stereocenters. The van der Waals surface area contributed by atoms with E-state index in [4.69, 9.17) is 25.8 Å². The highest BCUT2D eigenvalue weighted by Gasteiger charge is 2.17. The molecule has 0 fully saturated rings. The summed E-state index contributed by atoms with van der Waals surface area (Å²) in [4.78, 5) is 22.3. The maximum Gasteiger partial charge on any atom is 0.339 e. The first-order valence-corrected chi connectivity index (χ1v) is 7.57. The zero-order valence-electron chi connectivity index (χ0n) is 13.9. The average Bonchev–Trinajstić information content (AvgIpc) is 2.59. The van der Waals surface area contributed by atoms with Crippen LogP contribution >= 0.6 is 11.6 Å². The van der Waals surface area contributed by atoms with Crippen LogP contribution < -0.4 is 9.47 Å². The predicted octanol–water partition coefficient (Wildman–Crippen LogP) is 3.93. The summed E-state index contributed by atoms with van der Waals surface area (Å²) in [5.74, 6) is 0.426. The summed E-state index contributed by atoms with van der Waals surface area (Å²) in [5.41, 5.74) is 1.46. The fourth-order valence-corrected chi connectivity index (χ4v) is 2.43. The largest absolute Gasteiger partial charge is 0.493 e. The Labute approximate surface area is 149 Å². The summed E-state index contributed by atoms with van der Waals surface area (Å²) in [6, 6.07) is 7.08. The minimum absolute atomic E-state index is 0.00165. The molecule has 0 aliphatic heterocycles. The fraction of sp³-hybridized carbons (Fsp3) is 0.235. The van der Waals surface area contributed by atoms with Crippen LogP contribution in [0.15, 0.2) is 30.3 Å². The lowest BCUT2D eigenvalue weighted by molar-refractivity contribution is -0.384. The number of esters is 1. The number of benzene rings is 2. The lowest BCUT2D eigenvalue weighted by atomic mass is 10.1. The van der Waals surface area contributed by atoms with E-state index in [9.17, 15) is 14.9 Å². The Balaban J connectivity index is 2.16. The second-order valence-electron chi connectivity index (χ2n) is 5.13. The molecule has 0 saturated heterocycles. The summed E-state index contributed by atoms with van der Waals surface area (Å²) in [5, 5.41) is 10.7. The van der Waals surface area contributed by atoms with E-state index >= 15 is 0 Å². The van der Waals surface area contributed by atoms with Crippen molar-refractivity contribution in [1.29, 1.82) is 0 Å². The quantitative estimate of drug-likeness (QED) is 0.438. The number of carbonyl (C=O) groups excluding carboxylic acids is 1. The van der Waals surface area contributed by atoms with Gasteiger partial charge in [0.05, 0.1) is 29.7 Å². The molecule has 0 aliphatic carbocycles. The highest BCUT2D eigenvalue weighted by Crippen LogP contribution is 2.31. The van der Waals surface area contributed by atoms with Crippen molar-refractivity contribution in [3.63, 3.8) is 0 Å². The van der Waals surface area contributed by atoms with E-state index in [2.05, 4.69) is 0 Å². The predicted molar refractivity (Wildman–Crippen MR) is 91.5 cm³/mol. The maximum atomic E-state index is 12.2. The molecule has 2 rings (SSSR count). The molecule has 0 unspecified atom stereocenters. The first kappa shape index (κ1) is 18.5. The van der Waals surface area contributed by atoms with Crippen LogP contribution in [-0.2, 0) is 11.3 Å². The Morgan fingerprint density at radius 2 is 1.80 bits per heavy atom. The number of aryl methyl sites for hydroxylation is 1. The summed E-state index contributed by atoms with van der Waals surface area (Å²) < 4.78 is 15.7. The maximum absolute atomic E-state index is 12.2. The minimum atomic E-state index is -0.672. The molecule has 0 saturated carbocycles. The zero-order valence-corrected chi connectivity index (χ0v) is 14.6. The number of halogens is 1. The van der Waals surface area contributed by atoms with Gasteiger partial charge in [-0.05, 0) is 36.2 Å². The molecular formula is C17H16ClNO6. The van der Waals surface area contributed by atoms with Crippen LogP contribution in [0.2, 0.25) is 5.02 Å². The van der Waals surface area contributed by atoms with Gasteiger partial charge in [-0.15, -0.1) is 0 Å². The van der Waals surface area contributed by atoms with Crippen molar-refractivity contribution in [3.8, 4) is 11.5 Å². The Morgan fingerprint density at radius 3 is 2.36 bits per heavy atom. The Hall–Kier alpha value is -2.80. The van der Waals surface area contributed by atoms with E-state index in [0.29, 0.717) is 11.5 Å². The zero-order chi connectivity index (χ0) is 18.6. The average molecular weight is 366 g/mol. The Kier molecular flexibility index (Phi) is 5.82. The molecule has 0 spiro atoms. The summed E-state index contributed by atoms with van der Waals surface area (Å²) in [7, 11) is 3.05. The van der Waals surface area contributed by atoms with Crippen LogP contribution in [0.1, 0.15) is 21.5 Å². The number of methoxy groups -OCH3 is 2. The number of nitro groups is 1. The number of nitrogens with zero attached hydrogens (tertiary/aromatic N) is 1. The van der Waals surface area contributed by atoms with Gasteiger partial charge in [0.2, 0.25) is 0 Å².